The Kier molecular flexibility index (Phi) is 4.25. The summed E-state index contributed by atoms with van der Waals surface area (Å²) < 4.78 is 5.05. The minimum Gasteiger partial charge on any atom is -0.378 e. The number of rotatable bonds is 5. The molecule has 2 aromatic rings. The van der Waals surface area contributed by atoms with Crippen LogP contribution in [0.25, 0.3) is 0 Å². The lowest BCUT2D eigenvalue weighted by Gasteiger charge is -2.09. The molecule has 1 heterocycles. The van der Waals surface area contributed by atoms with Gasteiger partial charge in [0, 0.05) is 25.0 Å². The predicted molar refractivity (Wildman–Crippen MR) is 69.9 cm³/mol. The summed E-state index contributed by atoms with van der Waals surface area (Å²) in [4.78, 5) is 4.48. The fourth-order valence-corrected chi connectivity index (χ4v) is 2.45. The number of hydrogen-bond donors (Lipinski definition) is 1. The molecule has 0 saturated carbocycles. The lowest BCUT2D eigenvalue weighted by atomic mass is 10.0. The predicted octanol–water partition coefficient (Wildman–Crippen LogP) is 2.53. The van der Waals surface area contributed by atoms with E-state index >= 15 is 0 Å². The van der Waals surface area contributed by atoms with Crippen LogP contribution in [0.2, 0.25) is 0 Å². The highest BCUT2D eigenvalue weighted by Crippen LogP contribution is 2.18. The first-order valence-corrected chi connectivity index (χ1v) is 6.40. The molecular formula is C13H16N2OS. The highest BCUT2D eigenvalue weighted by atomic mass is 32.1. The first-order valence-electron chi connectivity index (χ1n) is 5.52. The molecule has 0 bridgehead atoms. The Morgan fingerprint density at radius 2 is 2.12 bits per heavy atom. The Morgan fingerprint density at radius 3 is 2.82 bits per heavy atom. The molecule has 0 fully saturated rings. The quantitative estimate of drug-likeness (QED) is 0.884. The molecule has 0 aliphatic heterocycles. The Balaban J connectivity index is 2.00. The first-order chi connectivity index (χ1) is 8.29. The number of hydrogen-bond acceptors (Lipinski definition) is 4. The van der Waals surface area contributed by atoms with Gasteiger partial charge in [-0.3, -0.25) is 0 Å². The summed E-state index contributed by atoms with van der Waals surface area (Å²) in [5, 5.41) is 3.06. The van der Waals surface area contributed by atoms with Gasteiger partial charge in [-0.15, -0.1) is 11.3 Å². The van der Waals surface area contributed by atoms with Crippen LogP contribution in [0.5, 0.6) is 0 Å². The van der Waals surface area contributed by atoms with Crippen molar-refractivity contribution in [2.24, 2.45) is 5.73 Å². The maximum atomic E-state index is 6.14. The van der Waals surface area contributed by atoms with Gasteiger partial charge in [-0.2, -0.15) is 0 Å². The van der Waals surface area contributed by atoms with Crippen LogP contribution in [0.4, 0.5) is 0 Å². The van der Waals surface area contributed by atoms with E-state index < -0.39 is 0 Å². The van der Waals surface area contributed by atoms with Gasteiger partial charge >= 0.3 is 0 Å². The van der Waals surface area contributed by atoms with E-state index in [-0.39, 0.29) is 6.04 Å². The molecule has 1 aromatic carbocycles. The smallest absolute Gasteiger partial charge is 0.119 e. The molecule has 1 unspecified atom stereocenters. The van der Waals surface area contributed by atoms with Crippen molar-refractivity contribution >= 4 is 11.3 Å². The molecule has 2 rings (SSSR count). The molecule has 4 heteroatoms. The Hall–Kier alpha value is -1.23. The summed E-state index contributed by atoms with van der Waals surface area (Å²) >= 11 is 1.62. The van der Waals surface area contributed by atoms with Gasteiger partial charge in [-0.1, -0.05) is 30.3 Å². The molecule has 17 heavy (non-hydrogen) atoms. The monoisotopic (exact) mass is 248 g/mol. The van der Waals surface area contributed by atoms with E-state index in [4.69, 9.17) is 10.5 Å². The molecule has 0 saturated heterocycles. The molecule has 2 N–H and O–H groups in total. The summed E-state index contributed by atoms with van der Waals surface area (Å²) in [6.45, 7) is 0.575. The number of ether oxygens (including phenoxy) is 1. The van der Waals surface area contributed by atoms with Crippen molar-refractivity contribution in [2.75, 3.05) is 7.11 Å². The highest BCUT2D eigenvalue weighted by molar-refractivity contribution is 7.09. The third kappa shape index (κ3) is 3.36. The minimum atomic E-state index is 0.00805. The maximum absolute atomic E-state index is 6.14. The van der Waals surface area contributed by atoms with E-state index in [1.54, 1.807) is 18.4 Å². The van der Waals surface area contributed by atoms with Gasteiger partial charge in [-0.25, -0.2) is 4.98 Å². The van der Waals surface area contributed by atoms with Gasteiger partial charge in [0.2, 0.25) is 0 Å². The number of aromatic nitrogens is 1. The van der Waals surface area contributed by atoms with E-state index in [9.17, 15) is 0 Å². The van der Waals surface area contributed by atoms with Gasteiger partial charge in [0.25, 0.3) is 0 Å². The zero-order chi connectivity index (χ0) is 12.1. The Labute approximate surface area is 105 Å². The third-order valence-corrected chi connectivity index (χ3v) is 3.40. The standard InChI is InChI=1S/C13H16N2OS/c1-16-8-13-15-11(9-17-13)7-12(14)10-5-3-2-4-6-10/h2-6,9,12H,7-8,14H2,1H3. The van der Waals surface area contributed by atoms with Crippen molar-refractivity contribution in [1.82, 2.24) is 4.98 Å². The SMILES string of the molecule is COCc1nc(CC(N)c2ccccc2)cs1. The molecule has 0 aliphatic carbocycles. The van der Waals surface area contributed by atoms with Gasteiger partial charge in [-0.05, 0) is 5.56 Å². The summed E-state index contributed by atoms with van der Waals surface area (Å²) in [7, 11) is 1.68. The van der Waals surface area contributed by atoms with E-state index in [1.807, 2.05) is 30.3 Å². The average molecular weight is 248 g/mol. The summed E-state index contributed by atoms with van der Waals surface area (Å²) in [5.74, 6) is 0. The molecule has 3 nitrogen and oxygen atoms in total. The van der Waals surface area contributed by atoms with E-state index in [0.29, 0.717) is 6.61 Å². The van der Waals surface area contributed by atoms with E-state index in [0.717, 1.165) is 22.7 Å². The molecule has 1 atom stereocenters. The molecule has 0 amide bonds. The number of thiazole rings is 1. The number of nitrogens with zero attached hydrogens (tertiary/aromatic N) is 1. The molecule has 0 aliphatic rings. The Morgan fingerprint density at radius 1 is 1.35 bits per heavy atom. The molecule has 90 valence electrons. The second-order valence-corrected chi connectivity index (χ2v) is 4.83. The van der Waals surface area contributed by atoms with E-state index in [2.05, 4.69) is 10.4 Å². The zero-order valence-electron chi connectivity index (χ0n) is 9.80. The molecule has 0 spiro atoms. The second-order valence-electron chi connectivity index (χ2n) is 3.89. The van der Waals surface area contributed by atoms with Gasteiger partial charge in [0.1, 0.15) is 5.01 Å². The summed E-state index contributed by atoms with van der Waals surface area (Å²) in [6.07, 6.45) is 0.768. The van der Waals surface area contributed by atoms with Crippen molar-refractivity contribution in [3.63, 3.8) is 0 Å². The zero-order valence-corrected chi connectivity index (χ0v) is 10.6. The third-order valence-electron chi connectivity index (χ3n) is 2.52. The van der Waals surface area contributed by atoms with Crippen LogP contribution in [0.1, 0.15) is 22.3 Å². The van der Waals surface area contributed by atoms with Gasteiger partial charge in [0.05, 0.1) is 12.3 Å². The number of methoxy groups -OCH3 is 1. The largest absolute Gasteiger partial charge is 0.378 e. The van der Waals surface area contributed by atoms with Gasteiger partial charge in [0.15, 0.2) is 0 Å². The van der Waals surface area contributed by atoms with Crippen molar-refractivity contribution in [1.29, 1.82) is 0 Å². The summed E-state index contributed by atoms with van der Waals surface area (Å²) in [6, 6.07) is 10.1. The normalized spacial score (nSPS) is 12.6. The molecule has 0 radical (unpaired) electrons. The molecular weight excluding hydrogens is 232 g/mol. The number of nitrogens with two attached hydrogens (primary N) is 1. The van der Waals surface area contributed by atoms with Crippen LogP contribution in [-0.2, 0) is 17.8 Å². The number of benzene rings is 1. The topological polar surface area (TPSA) is 48.1 Å². The van der Waals surface area contributed by atoms with Crippen molar-refractivity contribution in [3.8, 4) is 0 Å². The van der Waals surface area contributed by atoms with Crippen LogP contribution in [0.3, 0.4) is 0 Å². The van der Waals surface area contributed by atoms with Crippen LogP contribution >= 0.6 is 11.3 Å². The van der Waals surface area contributed by atoms with Crippen molar-refractivity contribution in [2.45, 2.75) is 19.1 Å². The average Bonchev–Trinajstić information content (AvgIpc) is 2.78. The maximum Gasteiger partial charge on any atom is 0.119 e. The van der Waals surface area contributed by atoms with Crippen LogP contribution in [0.15, 0.2) is 35.7 Å². The highest BCUT2D eigenvalue weighted by Gasteiger charge is 2.09. The van der Waals surface area contributed by atoms with Crippen LogP contribution < -0.4 is 5.73 Å². The lowest BCUT2D eigenvalue weighted by molar-refractivity contribution is 0.184. The van der Waals surface area contributed by atoms with Crippen molar-refractivity contribution < 1.29 is 4.74 Å². The molecule has 1 aromatic heterocycles. The second kappa shape index (κ2) is 5.91. The van der Waals surface area contributed by atoms with Gasteiger partial charge < -0.3 is 10.5 Å². The van der Waals surface area contributed by atoms with Crippen LogP contribution in [-0.4, -0.2) is 12.1 Å². The fourth-order valence-electron chi connectivity index (χ4n) is 1.68. The van der Waals surface area contributed by atoms with Crippen LogP contribution in [0, 0.1) is 0 Å². The van der Waals surface area contributed by atoms with E-state index in [1.165, 1.54) is 0 Å². The Bertz CT molecular complexity index is 455. The lowest BCUT2D eigenvalue weighted by Crippen LogP contribution is -2.13. The first kappa shape index (κ1) is 12.2. The van der Waals surface area contributed by atoms with Crippen molar-refractivity contribution in [3.05, 3.63) is 52.0 Å². The summed E-state index contributed by atoms with van der Waals surface area (Å²) in [5.41, 5.74) is 8.33. The fraction of sp³-hybridized carbons (Fsp3) is 0.308. The minimum absolute atomic E-state index is 0.00805.